The van der Waals surface area contributed by atoms with E-state index in [4.69, 9.17) is 0 Å². The topological polar surface area (TPSA) is 0 Å². The molecule has 0 heterocycles. The van der Waals surface area contributed by atoms with Crippen LogP contribution >= 0.6 is 0 Å². The van der Waals surface area contributed by atoms with Gasteiger partial charge in [-0.15, -0.1) is 0 Å². The molecule has 0 bridgehead atoms. The summed E-state index contributed by atoms with van der Waals surface area (Å²) in [6.07, 6.45) is 0. The first-order valence-corrected chi connectivity index (χ1v) is 0. The minimum absolute atomic E-state index is 0. The molecule has 0 N–H and O–H groups in total. The zero-order valence-corrected chi connectivity index (χ0v) is 18.1. The predicted octanol–water partition coefficient (Wildman–Crippen LogP) is -4.87. The number of hydrogen-bond donors (Lipinski definition) is 0. The van der Waals surface area contributed by atoms with Gasteiger partial charge in [0.25, 0.3) is 0 Å². The van der Waals surface area contributed by atoms with Gasteiger partial charge >= 0.3 is 119 Å². The third-order valence-corrected chi connectivity index (χ3v) is 0. The Labute approximate surface area is 136 Å². The van der Waals surface area contributed by atoms with Gasteiger partial charge in [-0.1, -0.05) is 0 Å². The van der Waals surface area contributed by atoms with Crippen molar-refractivity contribution in [3.63, 3.8) is 0 Å². The first-order valence-electron chi connectivity index (χ1n) is 0. The molecule has 0 unspecified atom stereocenters. The molecule has 0 saturated carbocycles. The van der Waals surface area contributed by atoms with Gasteiger partial charge in [-0.3, -0.25) is 0 Å². The van der Waals surface area contributed by atoms with E-state index in [-0.39, 0.29) is 140 Å². The van der Waals surface area contributed by atoms with Gasteiger partial charge in [0.15, 0.2) is 0 Å². The molecule has 0 nitrogen and oxygen atoms in total. The van der Waals surface area contributed by atoms with Crippen LogP contribution in [0.25, 0.3) is 0 Å². The van der Waals surface area contributed by atoms with E-state index >= 15 is 0 Å². The second-order valence-corrected chi connectivity index (χ2v) is 0. The van der Waals surface area contributed by atoms with E-state index in [2.05, 4.69) is 0 Å². The summed E-state index contributed by atoms with van der Waals surface area (Å²) in [6, 6.07) is 0. The molecule has 5 heteroatoms. The molecule has 5 heavy (non-hydrogen) atoms. The summed E-state index contributed by atoms with van der Waals surface area (Å²) < 4.78 is 0. The average Bonchev–Trinajstić information content (AvgIpc) is 0. The second-order valence-electron chi connectivity index (χ2n) is 0. The van der Waals surface area contributed by atoms with Crippen LogP contribution in [-0.4, -0.2) is 88.9 Å². The van der Waals surface area contributed by atoms with E-state index in [0.29, 0.717) is 0 Å². The molecular formula is H7CaCuNaPbSn. The Morgan fingerprint density at radius 3 is 1.20 bits per heavy atom. The van der Waals surface area contributed by atoms with Crippen LogP contribution in [0.2, 0.25) is 0 Å². The van der Waals surface area contributed by atoms with Gasteiger partial charge in [-0.25, -0.2) is 0 Å². The van der Waals surface area contributed by atoms with Crippen LogP contribution < -0.4 is 29.6 Å². The van der Waals surface area contributed by atoms with E-state index in [1.165, 1.54) is 0 Å². The third kappa shape index (κ3) is 17.7. The summed E-state index contributed by atoms with van der Waals surface area (Å²) in [5, 5.41) is 0. The van der Waals surface area contributed by atoms with Crippen molar-refractivity contribution >= 4 is 88.9 Å². The SMILES string of the molecule is [Ca+2].[Cu].[H-].[H-].[H-].[Na+].[PbH2].[SnH2]. The van der Waals surface area contributed by atoms with Gasteiger partial charge in [-0.2, -0.15) is 0 Å². The van der Waals surface area contributed by atoms with Gasteiger partial charge in [0.1, 0.15) is 0 Å². The summed E-state index contributed by atoms with van der Waals surface area (Å²) in [5.74, 6) is 0. The van der Waals surface area contributed by atoms with Gasteiger partial charge in [0.2, 0.25) is 0 Å². The van der Waals surface area contributed by atoms with Crippen molar-refractivity contribution in [3.05, 3.63) is 0 Å². The van der Waals surface area contributed by atoms with Crippen molar-refractivity contribution in [1.29, 1.82) is 0 Å². The van der Waals surface area contributed by atoms with Crippen molar-refractivity contribution < 1.29 is 50.9 Å². The van der Waals surface area contributed by atoms with E-state index < -0.39 is 0 Å². The Morgan fingerprint density at radius 2 is 1.20 bits per heavy atom. The van der Waals surface area contributed by atoms with Gasteiger partial charge in [-0.05, 0) is 0 Å². The van der Waals surface area contributed by atoms with Gasteiger partial charge in [0, 0.05) is 17.1 Å². The number of rotatable bonds is 0. The fourth-order valence-electron chi connectivity index (χ4n) is 0. The third-order valence-electron chi connectivity index (χ3n) is 0. The molecule has 0 aliphatic heterocycles. The van der Waals surface area contributed by atoms with Crippen LogP contribution in [0.15, 0.2) is 0 Å². The Bertz CT molecular complexity index is 19.2. The molecule has 5 radical (unpaired) electrons. The molecule has 0 aromatic rings. The minimum atomic E-state index is 0. The standard InChI is InChI=1S/Ca.Cu.Na.Pb.Sn.7H/q+2;;+1;;;;;;;3*-1. The van der Waals surface area contributed by atoms with Crippen molar-refractivity contribution in [2.75, 3.05) is 0 Å². The van der Waals surface area contributed by atoms with Gasteiger partial charge < -0.3 is 4.28 Å². The van der Waals surface area contributed by atoms with Gasteiger partial charge in [0.05, 0.1) is 0 Å². The van der Waals surface area contributed by atoms with Crippen LogP contribution in [0.5, 0.6) is 0 Å². The maximum atomic E-state index is 0. The quantitative estimate of drug-likeness (QED) is 0.319. The molecule has 0 saturated heterocycles. The average molecular weight is 460 g/mol. The summed E-state index contributed by atoms with van der Waals surface area (Å²) in [7, 11) is 0. The number of hydrogen-bond acceptors (Lipinski definition) is 0. The molecule has 0 aliphatic rings. The molecular weight excluding hydrogens is 453 g/mol. The normalized spacial score (nSPS) is 0. The summed E-state index contributed by atoms with van der Waals surface area (Å²) in [6.45, 7) is 0. The molecule has 0 aliphatic carbocycles. The van der Waals surface area contributed by atoms with E-state index in [1.54, 1.807) is 0 Å². The van der Waals surface area contributed by atoms with Crippen molar-refractivity contribution in [2.45, 2.75) is 0 Å². The fourth-order valence-corrected chi connectivity index (χ4v) is 0. The van der Waals surface area contributed by atoms with Crippen molar-refractivity contribution in [3.8, 4) is 0 Å². The molecule has 0 atom stereocenters. The van der Waals surface area contributed by atoms with E-state index in [1.807, 2.05) is 0 Å². The molecule has 0 rings (SSSR count). The molecule has 0 aromatic heterocycles. The predicted molar refractivity (Wildman–Crippen MR) is 26.2 cm³/mol. The Hall–Kier alpha value is 4.50. The van der Waals surface area contributed by atoms with Crippen LogP contribution in [0.4, 0.5) is 0 Å². The maximum absolute atomic E-state index is 0. The molecule has 29 valence electrons. The molecule has 0 amide bonds. The fraction of sp³-hybridized carbons (Fsp3) is 0. The summed E-state index contributed by atoms with van der Waals surface area (Å²) in [5.41, 5.74) is 0. The second kappa shape index (κ2) is 23.6. The zero-order valence-electron chi connectivity index (χ0n) is 6.42. The van der Waals surface area contributed by atoms with E-state index in [9.17, 15) is 0 Å². The van der Waals surface area contributed by atoms with Crippen molar-refractivity contribution in [1.82, 2.24) is 0 Å². The first-order chi connectivity index (χ1) is 0. The molecule has 0 fully saturated rings. The summed E-state index contributed by atoms with van der Waals surface area (Å²) in [4.78, 5) is 0. The molecule has 0 spiro atoms. The Kier molecular flexibility index (Phi) is 160. The Balaban J connectivity index is 0. The van der Waals surface area contributed by atoms with Crippen molar-refractivity contribution in [2.24, 2.45) is 0 Å². The van der Waals surface area contributed by atoms with Crippen LogP contribution in [0.3, 0.4) is 0 Å². The van der Waals surface area contributed by atoms with E-state index in [0.717, 1.165) is 0 Å². The molecule has 0 aromatic carbocycles. The Morgan fingerprint density at radius 1 is 1.20 bits per heavy atom. The zero-order chi connectivity index (χ0) is 0. The van der Waals surface area contributed by atoms with Crippen LogP contribution in [0, 0.1) is 0 Å². The first kappa shape index (κ1) is 33.9. The monoisotopic (exact) mass is 461 g/mol. The van der Waals surface area contributed by atoms with Crippen LogP contribution in [-0.2, 0) is 17.1 Å². The van der Waals surface area contributed by atoms with Crippen LogP contribution in [0.1, 0.15) is 4.28 Å². The summed E-state index contributed by atoms with van der Waals surface area (Å²) >= 11 is 0.